The van der Waals surface area contributed by atoms with E-state index in [1.165, 1.54) is 0 Å². The average molecular weight is 1870 g/mol. The van der Waals surface area contributed by atoms with E-state index < -0.39 is 0 Å². The molecule has 10 rings (SSSR count). The van der Waals surface area contributed by atoms with Crippen LogP contribution in [0.5, 0.6) is 0 Å². The Morgan fingerprint density at radius 1 is 0.306 bits per heavy atom. The Hall–Kier alpha value is -5.13. The molecule has 27 nitrogen and oxygen atoms in total. The predicted octanol–water partition coefficient (Wildman–Crippen LogP) is 19.3. The highest BCUT2D eigenvalue weighted by Crippen LogP contribution is 2.52. The molecule has 6 saturated heterocycles. The van der Waals surface area contributed by atoms with Crippen molar-refractivity contribution in [3.63, 3.8) is 0 Å². The number of nitrogens with two attached hydrogens (primary N) is 1. The van der Waals surface area contributed by atoms with Crippen molar-refractivity contribution in [2.24, 2.45) is 5.73 Å². The standard InChI is InChI=1S/C107H205N27/c1-36-42-60-129(81-66-96(8,9)121(30)97(10,11)67-81)90-112-87(113-91(118-90)130(61-43-37-2)82-68-98(12,13)122(31)99(14,15)69-82)109-53-49-57-127(56-48-52-108)78-80(7)128(58-50-54-110-88-114-92(131(62-44-38-3)83-70-100(16,17)123(32)101(18,19)71-83)119-93(115-88)132(63-45-39-4)84-72-102(20,21)124(33)103(22,23)73-84)59-51-55-111-89-116-94-120-95(117-89)134(65-47-41-6)86-75-105(26,27)126(35)107(29,77-86)79-106(28)76-85(133(94)64-46-40-5)74-104(24,25)125(106)34/h80-86H,36-79,108H2,1-35H3,(H,109,112,113,118)(H,110,114,115,119)(H,111,116,117,120). The molecule has 6 fully saturated rings. The van der Waals surface area contributed by atoms with Gasteiger partial charge in [-0.05, 0) is 369 Å². The minimum Gasteiger partial charge on any atom is -0.354 e. The molecular formula is C107H205N27. The predicted molar refractivity (Wildman–Crippen MR) is 570 cm³/mol. The highest BCUT2D eigenvalue weighted by molar-refractivity contribution is 5.51. The van der Waals surface area contributed by atoms with Crippen LogP contribution in [0.4, 0.5) is 53.5 Å². The van der Waals surface area contributed by atoms with Gasteiger partial charge in [-0.3, -0.25) is 34.3 Å². The number of piperidine rings is 6. The fourth-order valence-corrected chi connectivity index (χ4v) is 26.0. The van der Waals surface area contributed by atoms with Gasteiger partial charge in [-0.15, -0.1) is 0 Å². The molecule has 0 spiro atoms. The number of nitrogens with zero attached hydrogens (tertiary/aromatic N) is 23. The second-order valence-electron chi connectivity index (χ2n) is 50.2. The van der Waals surface area contributed by atoms with Crippen LogP contribution in [0.2, 0.25) is 0 Å². The van der Waals surface area contributed by atoms with E-state index in [1.807, 2.05) is 0 Å². The van der Waals surface area contributed by atoms with E-state index in [1.54, 1.807) is 0 Å². The summed E-state index contributed by atoms with van der Waals surface area (Å²) >= 11 is 0. The monoisotopic (exact) mass is 1870 g/mol. The SMILES string of the molecule is CCCCN(c1nc(NCCCN(CCCN)CC(C)N(CCCNc2nc(N(CCCC)C3CC(C)(C)N(C)C(C)(C)C3)nc(N(CCCC)C3CC(C)(C)N(C)C(C)(C)C3)n2)CCCNc2nc3nc(n2)N(CCCC)C2CC(C)(C)N(C)C(C)(C2)CC2(C)CC(CC(C)(C)N2C)N3CCCC)nc(N(CCCC)C2CC(C)(C)N(C)C(C)(C)C2)n1)C1CC(C)(C)N(C)C(C)(C)C1. The Kier molecular flexibility index (Phi) is 37.6. The van der Waals surface area contributed by atoms with E-state index in [-0.39, 0.29) is 109 Å². The maximum absolute atomic E-state index is 6.57. The van der Waals surface area contributed by atoms with Crippen LogP contribution in [0, 0.1) is 0 Å². The Balaban J connectivity index is 0.996. The number of aromatic nitrogens is 9. The number of nitrogens with one attached hydrogen (secondary N) is 3. The lowest BCUT2D eigenvalue weighted by Gasteiger charge is -2.63. The third kappa shape index (κ3) is 26.8. The molecule has 768 valence electrons. The number of hydrogen-bond acceptors (Lipinski definition) is 27. The van der Waals surface area contributed by atoms with Crippen molar-refractivity contribution >= 4 is 53.5 Å². The van der Waals surface area contributed by atoms with Crippen molar-refractivity contribution in [1.29, 1.82) is 0 Å². The molecule has 134 heavy (non-hydrogen) atoms. The average Bonchev–Trinajstić information content (AvgIpc) is 0.724. The number of unbranched alkanes of at least 4 members (excludes halogenated alkanes) is 6. The molecule has 5 N–H and O–H groups in total. The Labute approximate surface area is 820 Å². The largest absolute Gasteiger partial charge is 0.354 e. The lowest BCUT2D eigenvalue weighted by molar-refractivity contribution is -0.0913. The summed E-state index contributed by atoms with van der Waals surface area (Å²) in [5.41, 5.74) is 6.18. The zero-order valence-corrected chi connectivity index (χ0v) is 93.0. The zero-order valence-electron chi connectivity index (χ0n) is 93.0. The van der Waals surface area contributed by atoms with Crippen LogP contribution < -0.4 is 51.1 Å². The Bertz CT molecular complexity index is 3820. The quantitative estimate of drug-likeness (QED) is 0.0386. The van der Waals surface area contributed by atoms with Gasteiger partial charge in [0.1, 0.15) is 0 Å². The van der Waals surface area contributed by atoms with E-state index in [0.29, 0.717) is 37.5 Å². The molecule has 0 aromatic carbocycles. The van der Waals surface area contributed by atoms with E-state index in [2.05, 4.69) is 328 Å². The first kappa shape index (κ1) is 111. The van der Waals surface area contributed by atoms with Crippen LogP contribution in [-0.4, -0.2) is 333 Å². The third-order valence-electron chi connectivity index (χ3n) is 35.3. The lowest BCUT2D eigenvalue weighted by Crippen LogP contribution is -2.70. The lowest BCUT2D eigenvalue weighted by atomic mass is 9.66. The van der Waals surface area contributed by atoms with E-state index in [4.69, 9.17) is 50.6 Å². The van der Waals surface area contributed by atoms with Crippen LogP contribution >= 0.6 is 0 Å². The molecule has 3 aromatic rings. The van der Waals surface area contributed by atoms with Crippen LogP contribution in [0.3, 0.4) is 0 Å². The number of anilines is 9. The summed E-state index contributed by atoms with van der Waals surface area (Å²) in [6.07, 6.45) is 30.0. The summed E-state index contributed by atoms with van der Waals surface area (Å²) in [5, 5.41) is 11.9. The minimum absolute atomic E-state index is 0.0137. The fourth-order valence-electron chi connectivity index (χ4n) is 26.0. The van der Waals surface area contributed by atoms with Gasteiger partial charge in [0.2, 0.25) is 53.5 Å². The molecular weight excluding hydrogens is 1660 g/mol. The molecule has 0 amide bonds. The van der Waals surface area contributed by atoms with Gasteiger partial charge in [0, 0.05) is 187 Å². The van der Waals surface area contributed by atoms with Crippen molar-refractivity contribution in [1.82, 2.24) is 84.1 Å². The van der Waals surface area contributed by atoms with Gasteiger partial charge >= 0.3 is 0 Å². The summed E-state index contributed by atoms with van der Waals surface area (Å²) in [6.45, 7) is 83.0. The van der Waals surface area contributed by atoms with Gasteiger partial charge in [0.25, 0.3) is 0 Å². The Morgan fingerprint density at radius 2 is 0.567 bits per heavy atom. The molecule has 5 unspecified atom stereocenters. The molecule has 5 atom stereocenters. The van der Waals surface area contributed by atoms with Crippen molar-refractivity contribution in [3.8, 4) is 0 Å². The van der Waals surface area contributed by atoms with Crippen molar-refractivity contribution < 1.29 is 0 Å². The summed E-state index contributed by atoms with van der Waals surface area (Å²) in [7, 11) is 14.1. The maximum atomic E-state index is 6.57. The number of fused-ring (bicyclic) bond motifs is 6. The summed E-state index contributed by atoms with van der Waals surface area (Å²) < 4.78 is 0. The van der Waals surface area contributed by atoms with Gasteiger partial charge in [0.15, 0.2) is 0 Å². The van der Waals surface area contributed by atoms with Gasteiger partial charge < -0.3 is 56.0 Å². The smallest absolute Gasteiger partial charge is 0.232 e. The highest BCUT2D eigenvalue weighted by atomic mass is 15.4. The number of rotatable bonds is 47. The maximum Gasteiger partial charge on any atom is 0.232 e. The summed E-state index contributed by atoms with van der Waals surface area (Å²) in [6, 6.07) is 1.73. The van der Waals surface area contributed by atoms with Gasteiger partial charge in [-0.25, -0.2) is 0 Å². The van der Waals surface area contributed by atoms with Gasteiger partial charge in [0.05, 0.1) is 0 Å². The van der Waals surface area contributed by atoms with Gasteiger partial charge in [-0.2, -0.15) is 44.9 Å². The first-order valence-electron chi connectivity index (χ1n) is 54.3. The normalized spacial score (nSPS) is 25.4. The van der Waals surface area contributed by atoms with E-state index in [0.717, 1.165) is 300 Å². The highest BCUT2D eigenvalue weighted by Gasteiger charge is 2.57. The molecule has 0 radical (unpaired) electrons. The van der Waals surface area contributed by atoms with Gasteiger partial charge in [-0.1, -0.05) is 80.1 Å². The van der Waals surface area contributed by atoms with Crippen molar-refractivity contribution in [3.05, 3.63) is 0 Å². The minimum atomic E-state index is -0.0706. The molecule has 7 aliphatic rings. The van der Waals surface area contributed by atoms with Crippen LogP contribution in [0.1, 0.15) is 387 Å². The van der Waals surface area contributed by atoms with Crippen molar-refractivity contribution in [2.75, 3.05) is 186 Å². The third-order valence-corrected chi connectivity index (χ3v) is 35.3. The molecule has 10 heterocycles. The second-order valence-corrected chi connectivity index (χ2v) is 50.2. The first-order valence-corrected chi connectivity index (χ1v) is 54.3. The number of likely N-dealkylation sites (tertiary alicyclic amines) is 6. The fraction of sp³-hybridized carbons (Fsp3) is 0.916. The molecule has 27 heteroatoms. The molecule has 3 aromatic heterocycles. The van der Waals surface area contributed by atoms with Crippen LogP contribution in [0.25, 0.3) is 0 Å². The Morgan fingerprint density at radius 3 is 0.843 bits per heavy atom. The topological polar surface area (TPSA) is 223 Å². The second kappa shape index (κ2) is 45.4. The number of hydrogen-bond donors (Lipinski definition) is 4. The molecule has 0 saturated carbocycles. The van der Waals surface area contributed by atoms with Crippen LogP contribution in [-0.2, 0) is 0 Å². The van der Waals surface area contributed by atoms with Crippen molar-refractivity contribution in [2.45, 2.75) is 496 Å². The first-order chi connectivity index (χ1) is 62.6. The molecule has 6 bridgehead atoms. The summed E-state index contributed by atoms with van der Waals surface area (Å²) in [5.74, 6) is 6.95. The van der Waals surface area contributed by atoms with E-state index in [9.17, 15) is 0 Å². The summed E-state index contributed by atoms with van der Waals surface area (Å²) in [4.78, 5) is 88.0. The zero-order chi connectivity index (χ0) is 98.9. The molecule has 7 aliphatic heterocycles. The van der Waals surface area contributed by atoms with E-state index >= 15 is 0 Å². The molecule has 0 aliphatic carbocycles. The van der Waals surface area contributed by atoms with Crippen LogP contribution in [0.15, 0.2) is 0 Å².